The van der Waals surface area contributed by atoms with Gasteiger partial charge in [-0.3, -0.25) is 0 Å². The molecular formula is C17H20O6. The first-order valence-electron chi connectivity index (χ1n) is 7.35. The predicted molar refractivity (Wildman–Crippen MR) is 83.0 cm³/mol. The molecule has 0 amide bonds. The summed E-state index contributed by atoms with van der Waals surface area (Å²) in [5.74, 6) is -1.55. The first kappa shape index (κ1) is 16.9. The van der Waals surface area contributed by atoms with Crippen molar-refractivity contribution in [1.29, 1.82) is 0 Å². The number of hydrogen-bond acceptors (Lipinski definition) is 6. The Labute approximate surface area is 135 Å². The van der Waals surface area contributed by atoms with Gasteiger partial charge in [0.1, 0.15) is 5.57 Å². The van der Waals surface area contributed by atoms with Crippen LogP contribution in [0.25, 0.3) is 6.08 Å². The number of ether oxygens (including phenoxy) is 4. The van der Waals surface area contributed by atoms with Crippen molar-refractivity contribution in [2.75, 3.05) is 13.7 Å². The minimum atomic E-state index is -1.25. The van der Waals surface area contributed by atoms with Gasteiger partial charge in [0.15, 0.2) is 11.5 Å². The summed E-state index contributed by atoms with van der Waals surface area (Å²) in [7, 11) is 1.55. The zero-order valence-corrected chi connectivity index (χ0v) is 13.7. The van der Waals surface area contributed by atoms with Crippen LogP contribution < -0.4 is 9.47 Å². The number of esters is 2. The van der Waals surface area contributed by atoms with E-state index in [0.717, 1.165) is 6.42 Å². The van der Waals surface area contributed by atoms with E-state index in [1.54, 1.807) is 25.3 Å². The number of cyclic esters (lactones) is 2. The molecule has 1 aliphatic heterocycles. The molecule has 6 nitrogen and oxygen atoms in total. The average Bonchev–Trinajstić information content (AvgIpc) is 2.48. The number of methoxy groups -OCH3 is 1. The summed E-state index contributed by atoms with van der Waals surface area (Å²) in [5.41, 5.74) is 0.455. The van der Waals surface area contributed by atoms with Crippen LogP contribution in [0.2, 0.25) is 0 Å². The summed E-state index contributed by atoms with van der Waals surface area (Å²) in [6.45, 7) is 5.54. The van der Waals surface area contributed by atoms with Crippen molar-refractivity contribution < 1.29 is 28.5 Å². The van der Waals surface area contributed by atoms with Crippen LogP contribution >= 0.6 is 0 Å². The van der Waals surface area contributed by atoms with Gasteiger partial charge < -0.3 is 18.9 Å². The van der Waals surface area contributed by atoms with E-state index < -0.39 is 17.7 Å². The monoisotopic (exact) mass is 320 g/mol. The molecule has 1 saturated heterocycles. The molecule has 23 heavy (non-hydrogen) atoms. The Bertz CT molecular complexity index is 622. The average molecular weight is 320 g/mol. The molecule has 0 saturated carbocycles. The minimum absolute atomic E-state index is 0.157. The highest BCUT2D eigenvalue weighted by Gasteiger charge is 2.38. The largest absolute Gasteiger partial charge is 0.493 e. The minimum Gasteiger partial charge on any atom is -0.493 e. The second-order valence-electron chi connectivity index (χ2n) is 5.50. The van der Waals surface area contributed by atoms with Crippen molar-refractivity contribution in [2.24, 2.45) is 0 Å². The summed E-state index contributed by atoms with van der Waals surface area (Å²) in [4.78, 5) is 23.9. The van der Waals surface area contributed by atoms with Gasteiger partial charge in [0, 0.05) is 13.8 Å². The van der Waals surface area contributed by atoms with E-state index >= 15 is 0 Å². The highest BCUT2D eigenvalue weighted by atomic mass is 16.7. The van der Waals surface area contributed by atoms with Gasteiger partial charge >= 0.3 is 11.9 Å². The van der Waals surface area contributed by atoms with Crippen LogP contribution in [-0.2, 0) is 19.1 Å². The maximum Gasteiger partial charge on any atom is 0.348 e. The van der Waals surface area contributed by atoms with Gasteiger partial charge in [-0.25, -0.2) is 9.59 Å². The van der Waals surface area contributed by atoms with Gasteiger partial charge in [-0.2, -0.15) is 0 Å². The molecule has 1 aromatic rings. The predicted octanol–water partition coefficient (Wildman–Crippen LogP) is 2.70. The van der Waals surface area contributed by atoms with Crippen LogP contribution in [0.3, 0.4) is 0 Å². The van der Waals surface area contributed by atoms with Crippen molar-refractivity contribution in [1.82, 2.24) is 0 Å². The Balaban J connectivity index is 2.31. The van der Waals surface area contributed by atoms with Crippen molar-refractivity contribution in [3.8, 4) is 11.5 Å². The maximum absolute atomic E-state index is 12.0. The normalized spacial score (nSPS) is 16.4. The molecule has 124 valence electrons. The Kier molecular flexibility index (Phi) is 4.93. The standard InChI is InChI=1S/C17H20O6/c1-5-8-21-14-10-11(6-7-13(14)20-4)9-12-15(18)22-17(2,3)23-16(12)19/h6-7,9-10H,5,8H2,1-4H3. The summed E-state index contributed by atoms with van der Waals surface area (Å²) in [5, 5.41) is 0. The molecule has 0 spiro atoms. The second-order valence-corrected chi connectivity index (χ2v) is 5.50. The summed E-state index contributed by atoms with van der Waals surface area (Å²) >= 11 is 0. The fourth-order valence-corrected chi connectivity index (χ4v) is 2.05. The fourth-order valence-electron chi connectivity index (χ4n) is 2.05. The smallest absolute Gasteiger partial charge is 0.348 e. The number of benzene rings is 1. The molecule has 0 atom stereocenters. The number of rotatable bonds is 5. The van der Waals surface area contributed by atoms with Crippen LogP contribution in [0.15, 0.2) is 23.8 Å². The molecule has 1 aromatic carbocycles. The van der Waals surface area contributed by atoms with E-state index in [9.17, 15) is 9.59 Å². The third kappa shape index (κ3) is 4.03. The van der Waals surface area contributed by atoms with Crippen molar-refractivity contribution >= 4 is 18.0 Å². The lowest BCUT2D eigenvalue weighted by Crippen LogP contribution is -2.41. The van der Waals surface area contributed by atoms with Crippen molar-refractivity contribution in [2.45, 2.75) is 33.0 Å². The molecular weight excluding hydrogens is 300 g/mol. The summed E-state index contributed by atoms with van der Waals surface area (Å²) < 4.78 is 21.0. The highest BCUT2D eigenvalue weighted by molar-refractivity contribution is 6.18. The number of carbonyl (C=O) groups excluding carboxylic acids is 2. The highest BCUT2D eigenvalue weighted by Crippen LogP contribution is 2.30. The molecule has 0 aromatic heterocycles. The Morgan fingerprint density at radius 1 is 1.13 bits per heavy atom. The second kappa shape index (κ2) is 6.73. The fraction of sp³-hybridized carbons (Fsp3) is 0.412. The zero-order chi connectivity index (χ0) is 17.0. The first-order chi connectivity index (χ1) is 10.9. The van der Waals surface area contributed by atoms with Crippen LogP contribution in [0.4, 0.5) is 0 Å². The SMILES string of the molecule is CCCOc1cc(C=C2C(=O)OC(C)(C)OC2=O)ccc1OC. The van der Waals surface area contributed by atoms with Crippen molar-refractivity contribution in [3.63, 3.8) is 0 Å². The van der Waals surface area contributed by atoms with Crippen LogP contribution in [-0.4, -0.2) is 31.4 Å². The number of carbonyl (C=O) groups is 2. The third-order valence-corrected chi connectivity index (χ3v) is 3.08. The lowest BCUT2D eigenvalue weighted by Gasteiger charge is -2.29. The Morgan fingerprint density at radius 3 is 2.35 bits per heavy atom. The molecule has 0 unspecified atom stereocenters. The first-order valence-corrected chi connectivity index (χ1v) is 7.35. The molecule has 0 aliphatic carbocycles. The van der Waals surface area contributed by atoms with Gasteiger partial charge in [-0.15, -0.1) is 0 Å². The molecule has 2 rings (SSSR count). The van der Waals surface area contributed by atoms with E-state index in [2.05, 4.69) is 0 Å². The van der Waals surface area contributed by atoms with E-state index in [4.69, 9.17) is 18.9 Å². The molecule has 0 N–H and O–H groups in total. The van der Waals surface area contributed by atoms with Crippen LogP contribution in [0, 0.1) is 0 Å². The van der Waals surface area contributed by atoms with E-state index in [1.807, 2.05) is 6.92 Å². The zero-order valence-electron chi connectivity index (χ0n) is 13.7. The van der Waals surface area contributed by atoms with Crippen LogP contribution in [0.1, 0.15) is 32.8 Å². The third-order valence-electron chi connectivity index (χ3n) is 3.08. The molecule has 1 heterocycles. The van der Waals surface area contributed by atoms with Crippen LogP contribution in [0.5, 0.6) is 11.5 Å². The van der Waals surface area contributed by atoms with Gasteiger partial charge in [0.25, 0.3) is 5.79 Å². The molecule has 0 radical (unpaired) electrons. The van der Waals surface area contributed by atoms with Gasteiger partial charge in [0.2, 0.25) is 0 Å². The van der Waals surface area contributed by atoms with Gasteiger partial charge in [0.05, 0.1) is 13.7 Å². The summed E-state index contributed by atoms with van der Waals surface area (Å²) in [6.07, 6.45) is 2.26. The Morgan fingerprint density at radius 2 is 1.78 bits per heavy atom. The summed E-state index contributed by atoms with van der Waals surface area (Å²) in [6, 6.07) is 5.12. The molecule has 1 fully saturated rings. The quantitative estimate of drug-likeness (QED) is 0.472. The lowest BCUT2D eigenvalue weighted by atomic mass is 10.1. The van der Waals surface area contributed by atoms with E-state index in [-0.39, 0.29) is 5.57 Å². The van der Waals surface area contributed by atoms with E-state index in [0.29, 0.717) is 23.7 Å². The molecule has 0 bridgehead atoms. The molecule has 6 heteroatoms. The van der Waals surface area contributed by atoms with Gasteiger partial charge in [-0.05, 0) is 30.2 Å². The van der Waals surface area contributed by atoms with E-state index in [1.165, 1.54) is 19.9 Å². The van der Waals surface area contributed by atoms with Crippen molar-refractivity contribution in [3.05, 3.63) is 29.3 Å². The van der Waals surface area contributed by atoms with Gasteiger partial charge in [-0.1, -0.05) is 13.0 Å². The Hall–Kier alpha value is -2.50. The molecule has 1 aliphatic rings. The maximum atomic E-state index is 12.0. The number of hydrogen-bond donors (Lipinski definition) is 0. The topological polar surface area (TPSA) is 71.1 Å². The lowest BCUT2D eigenvalue weighted by molar-refractivity contribution is -0.222.